The summed E-state index contributed by atoms with van der Waals surface area (Å²) >= 11 is 0. The Labute approximate surface area is 102 Å². The van der Waals surface area contributed by atoms with Crippen LogP contribution in [-0.2, 0) is 9.59 Å². The van der Waals surface area contributed by atoms with Crippen molar-refractivity contribution in [3.05, 3.63) is 0 Å². The number of carbonyl (C=O) groups is 2. The number of piperidine rings is 1. The van der Waals surface area contributed by atoms with Crippen LogP contribution in [0.15, 0.2) is 0 Å². The third-order valence-electron chi connectivity index (χ3n) is 3.97. The van der Waals surface area contributed by atoms with Crippen LogP contribution in [0.1, 0.15) is 25.7 Å². The molecule has 0 atom stereocenters. The van der Waals surface area contributed by atoms with Gasteiger partial charge in [-0.2, -0.15) is 13.2 Å². The van der Waals surface area contributed by atoms with Crippen LogP contribution in [0.25, 0.3) is 0 Å². The maximum absolute atomic E-state index is 12.2. The average molecular weight is 265 g/mol. The number of alkyl halides is 3. The van der Waals surface area contributed by atoms with E-state index >= 15 is 0 Å². The van der Waals surface area contributed by atoms with Crippen molar-refractivity contribution in [1.82, 2.24) is 4.90 Å². The van der Waals surface area contributed by atoms with Gasteiger partial charge in [-0.1, -0.05) is 0 Å². The van der Waals surface area contributed by atoms with Gasteiger partial charge in [0.15, 0.2) is 0 Å². The minimum atomic E-state index is -4.87. The van der Waals surface area contributed by atoms with Crippen molar-refractivity contribution in [1.29, 1.82) is 0 Å². The average Bonchev–Trinajstić information content (AvgIpc) is 3.10. The Morgan fingerprint density at radius 3 is 2.00 bits per heavy atom. The number of likely N-dealkylation sites (tertiary alicyclic amines) is 1. The molecule has 0 bridgehead atoms. The molecule has 18 heavy (non-hydrogen) atoms. The molecule has 1 saturated heterocycles. The zero-order valence-corrected chi connectivity index (χ0v) is 9.66. The zero-order chi connectivity index (χ0) is 13.6. The summed E-state index contributed by atoms with van der Waals surface area (Å²) in [5.74, 6) is -2.74. The van der Waals surface area contributed by atoms with Crippen LogP contribution >= 0.6 is 0 Å². The predicted molar refractivity (Wildman–Crippen MR) is 54.7 cm³/mol. The number of carboxylic acids is 1. The Morgan fingerprint density at radius 1 is 1.17 bits per heavy atom. The van der Waals surface area contributed by atoms with Gasteiger partial charge < -0.3 is 10.0 Å². The first kappa shape index (κ1) is 13.2. The van der Waals surface area contributed by atoms with E-state index in [1.807, 2.05) is 0 Å². The van der Waals surface area contributed by atoms with Crippen LogP contribution in [0.3, 0.4) is 0 Å². The summed E-state index contributed by atoms with van der Waals surface area (Å²) in [7, 11) is 0. The van der Waals surface area contributed by atoms with E-state index in [0.29, 0.717) is 4.90 Å². The van der Waals surface area contributed by atoms with Gasteiger partial charge in [-0.05, 0) is 31.6 Å². The number of hydrogen-bond donors (Lipinski definition) is 1. The van der Waals surface area contributed by atoms with Gasteiger partial charge in [0.2, 0.25) is 0 Å². The summed E-state index contributed by atoms with van der Waals surface area (Å²) < 4.78 is 36.7. The van der Waals surface area contributed by atoms with Gasteiger partial charge in [-0.3, -0.25) is 9.59 Å². The van der Waals surface area contributed by atoms with Gasteiger partial charge in [0, 0.05) is 13.1 Å². The van der Waals surface area contributed by atoms with E-state index in [1.165, 1.54) is 0 Å². The Balaban J connectivity index is 2.03. The van der Waals surface area contributed by atoms with Crippen molar-refractivity contribution in [2.45, 2.75) is 31.9 Å². The van der Waals surface area contributed by atoms with E-state index in [-0.39, 0.29) is 31.8 Å². The molecule has 1 saturated carbocycles. The molecule has 0 spiro atoms. The normalized spacial score (nSPS) is 23.8. The highest BCUT2D eigenvalue weighted by Gasteiger charge is 2.54. The van der Waals surface area contributed by atoms with Crippen molar-refractivity contribution in [3.8, 4) is 0 Å². The van der Waals surface area contributed by atoms with Crippen molar-refractivity contribution >= 4 is 11.9 Å². The Kier molecular flexibility index (Phi) is 3.03. The van der Waals surface area contributed by atoms with Crippen molar-refractivity contribution in [2.75, 3.05) is 13.1 Å². The molecular formula is C11H14F3NO3. The number of halogens is 3. The standard InChI is InChI=1S/C11H14F3NO3/c12-11(13,14)8(16)15-5-3-10(4-6-15,9(17)18)7-1-2-7/h7H,1-6H2,(H,17,18). The monoisotopic (exact) mass is 265 g/mol. The molecule has 2 fully saturated rings. The van der Waals surface area contributed by atoms with E-state index in [4.69, 9.17) is 0 Å². The van der Waals surface area contributed by atoms with E-state index in [0.717, 1.165) is 12.8 Å². The maximum Gasteiger partial charge on any atom is 0.471 e. The highest BCUT2D eigenvalue weighted by molar-refractivity contribution is 5.82. The second-order valence-corrected chi connectivity index (χ2v) is 5.03. The lowest BCUT2D eigenvalue weighted by Crippen LogP contribution is -2.51. The van der Waals surface area contributed by atoms with Gasteiger partial charge in [-0.25, -0.2) is 0 Å². The SMILES string of the molecule is O=C(N1CCC(C(=O)O)(C2CC2)CC1)C(F)(F)F. The molecule has 2 aliphatic rings. The summed E-state index contributed by atoms with van der Waals surface area (Å²) in [4.78, 5) is 23.1. The van der Waals surface area contributed by atoms with Gasteiger partial charge in [0.1, 0.15) is 0 Å². The van der Waals surface area contributed by atoms with Crippen LogP contribution in [0.4, 0.5) is 13.2 Å². The summed E-state index contributed by atoms with van der Waals surface area (Å²) in [6.45, 7) is -0.248. The molecule has 1 heterocycles. The van der Waals surface area contributed by atoms with Crippen LogP contribution in [0.2, 0.25) is 0 Å². The lowest BCUT2D eigenvalue weighted by Gasteiger charge is -2.39. The quantitative estimate of drug-likeness (QED) is 0.826. The highest BCUT2D eigenvalue weighted by atomic mass is 19.4. The fraction of sp³-hybridized carbons (Fsp3) is 0.818. The van der Waals surface area contributed by atoms with Crippen LogP contribution < -0.4 is 0 Å². The van der Waals surface area contributed by atoms with E-state index < -0.39 is 23.5 Å². The van der Waals surface area contributed by atoms with Gasteiger partial charge in [0.05, 0.1) is 5.41 Å². The lowest BCUT2D eigenvalue weighted by atomic mass is 9.74. The van der Waals surface area contributed by atoms with Crippen LogP contribution in [0.5, 0.6) is 0 Å². The van der Waals surface area contributed by atoms with E-state index in [9.17, 15) is 27.9 Å². The molecule has 1 amide bonds. The van der Waals surface area contributed by atoms with Crippen molar-refractivity contribution in [3.63, 3.8) is 0 Å². The molecule has 4 nitrogen and oxygen atoms in total. The lowest BCUT2D eigenvalue weighted by molar-refractivity contribution is -0.188. The Morgan fingerprint density at radius 2 is 1.67 bits per heavy atom. The number of nitrogens with zero attached hydrogens (tertiary/aromatic N) is 1. The molecule has 7 heteroatoms. The molecule has 102 valence electrons. The minimum Gasteiger partial charge on any atom is -0.481 e. The highest BCUT2D eigenvalue weighted by Crippen LogP contribution is 2.51. The first-order chi connectivity index (χ1) is 8.27. The van der Waals surface area contributed by atoms with Crippen molar-refractivity contribution in [2.24, 2.45) is 11.3 Å². The molecule has 1 aliphatic heterocycles. The first-order valence-electron chi connectivity index (χ1n) is 5.87. The third kappa shape index (κ3) is 2.18. The molecule has 1 aliphatic carbocycles. The summed E-state index contributed by atoms with van der Waals surface area (Å²) in [5, 5.41) is 9.26. The molecule has 0 unspecified atom stereocenters. The number of aliphatic carboxylic acids is 1. The summed E-state index contributed by atoms with van der Waals surface area (Å²) in [5.41, 5.74) is -0.914. The third-order valence-corrected chi connectivity index (χ3v) is 3.97. The van der Waals surface area contributed by atoms with Crippen LogP contribution in [-0.4, -0.2) is 41.1 Å². The van der Waals surface area contributed by atoms with E-state index in [1.54, 1.807) is 0 Å². The first-order valence-corrected chi connectivity index (χ1v) is 5.87. The summed E-state index contributed by atoms with van der Waals surface area (Å²) in [6, 6.07) is 0. The number of carbonyl (C=O) groups excluding carboxylic acids is 1. The van der Waals surface area contributed by atoms with Gasteiger partial charge >= 0.3 is 18.1 Å². The van der Waals surface area contributed by atoms with Crippen molar-refractivity contribution < 1.29 is 27.9 Å². The smallest absolute Gasteiger partial charge is 0.471 e. The molecule has 1 N–H and O–H groups in total. The Hall–Kier alpha value is -1.27. The molecular weight excluding hydrogens is 251 g/mol. The Bertz CT molecular complexity index is 368. The summed E-state index contributed by atoms with van der Waals surface area (Å²) in [6.07, 6.45) is -2.99. The molecule has 0 aromatic carbocycles. The van der Waals surface area contributed by atoms with E-state index in [2.05, 4.69) is 0 Å². The second-order valence-electron chi connectivity index (χ2n) is 5.03. The van der Waals surface area contributed by atoms with Gasteiger partial charge in [-0.15, -0.1) is 0 Å². The van der Waals surface area contributed by atoms with Gasteiger partial charge in [0.25, 0.3) is 0 Å². The van der Waals surface area contributed by atoms with Crippen LogP contribution in [0, 0.1) is 11.3 Å². The number of rotatable bonds is 2. The molecule has 0 aromatic heterocycles. The second kappa shape index (κ2) is 4.13. The largest absolute Gasteiger partial charge is 0.481 e. The predicted octanol–water partition coefficient (Wildman–Crippen LogP) is 1.65. The molecule has 0 radical (unpaired) electrons. The number of amides is 1. The molecule has 2 rings (SSSR count). The topological polar surface area (TPSA) is 57.6 Å². The zero-order valence-electron chi connectivity index (χ0n) is 9.66. The minimum absolute atomic E-state index is 0.0677. The fourth-order valence-electron chi connectivity index (χ4n) is 2.72. The molecule has 0 aromatic rings. The fourth-order valence-corrected chi connectivity index (χ4v) is 2.72. The maximum atomic E-state index is 12.2. The number of hydrogen-bond acceptors (Lipinski definition) is 2. The number of carboxylic acid groups (broad SMARTS) is 1.